The number of methoxy groups -OCH3 is 1. The van der Waals surface area contributed by atoms with Crippen LogP contribution < -0.4 is 0 Å². The maximum atomic E-state index is 7.37. The molecule has 2 aliphatic rings. The van der Waals surface area contributed by atoms with Crippen LogP contribution in [0.4, 0.5) is 0 Å². The summed E-state index contributed by atoms with van der Waals surface area (Å²) in [5.41, 5.74) is 2.34. The number of hydrogen-bond donors (Lipinski definition) is 0. The van der Waals surface area contributed by atoms with Crippen LogP contribution in [0.5, 0.6) is 0 Å². The van der Waals surface area contributed by atoms with E-state index in [1.165, 1.54) is 11.1 Å². The first-order valence-electron chi connectivity index (χ1n) is 14.5. The summed E-state index contributed by atoms with van der Waals surface area (Å²) in [4.78, 5) is 4.28. The van der Waals surface area contributed by atoms with Crippen molar-refractivity contribution >= 4 is 8.32 Å². The Kier molecular flexibility index (Phi) is 8.59. The van der Waals surface area contributed by atoms with Gasteiger partial charge < -0.3 is 13.9 Å². The second-order valence-corrected chi connectivity index (χ2v) is 17.5. The number of benzene rings is 2. The van der Waals surface area contributed by atoms with Crippen molar-refractivity contribution < 1.29 is 13.9 Å². The minimum absolute atomic E-state index is 0.0770. The van der Waals surface area contributed by atoms with Crippen molar-refractivity contribution in [1.29, 1.82) is 0 Å². The normalized spacial score (nSPS) is 25.4. The lowest BCUT2D eigenvalue weighted by Gasteiger charge is -2.53. The molecule has 40 heavy (non-hydrogen) atoms. The molecule has 0 amide bonds. The van der Waals surface area contributed by atoms with E-state index in [-0.39, 0.29) is 35.4 Å². The van der Waals surface area contributed by atoms with Gasteiger partial charge in [0.2, 0.25) is 0 Å². The predicted octanol–water partition coefficient (Wildman–Crippen LogP) is 5.73. The number of piperidine rings is 1. The Bertz CT molecular complexity index is 1230. The van der Waals surface area contributed by atoms with Crippen LogP contribution >= 0.6 is 0 Å². The lowest BCUT2D eigenvalue weighted by molar-refractivity contribution is -0.0600. The van der Waals surface area contributed by atoms with E-state index in [1.54, 1.807) is 11.9 Å². The molecule has 216 valence electrons. The van der Waals surface area contributed by atoms with Crippen molar-refractivity contribution in [1.82, 2.24) is 25.1 Å². The average Bonchev–Trinajstić information content (AvgIpc) is 3.48. The standard InChI is InChI=1S/C31H45N5O3Si/c1-30(2,3)40(5,6)39-28-18-17-27-26(29-32-34-36(33-29)23-38-20-19-37-4)21-31(28,25-15-11-8-12-16-25)35(27)22-24-13-9-7-10-14-24/h7-16,26-28H,17-23H2,1-6H3/t26-,27-,28+,31+/m0/s1. The van der Waals surface area contributed by atoms with Crippen LogP contribution in [0.2, 0.25) is 18.1 Å². The summed E-state index contributed by atoms with van der Waals surface area (Å²) >= 11 is 0. The maximum absolute atomic E-state index is 7.37. The molecule has 0 aliphatic carbocycles. The lowest BCUT2D eigenvalue weighted by Crippen LogP contribution is -2.59. The molecule has 0 N–H and O–H groups in total. The smallest absolute Gasteiger partial charge is 0.192 e. The minimum atomic E-state index is -2.05. The van der Waals surface area contributed by atoms with Crippen molar-refractivity contribution in [3.05, 3.63) is 77.6 Å². The molecule has 0 radical (unpaired) electrons. The van der Waals surface area contributed by atoms with Gasteiger partial charge in [-0.3, -0.25) is 4.90 Å². The number of hydrogen-bond acceptors (Lipinski definition) is 7. The molecule has 2 saturated heterocycles. The van der Waals surface area contributed by atoms with Gasteiger partial charge in [0.15, 0.2) is 20.9 Å². The van der Waals surface area contributed by atoms with Crippen LogP contribution in [0, 0.1) is 0 Å². The van der Waals surface area contributed by atoms with E-state index < -0.39 is 8.32 Å². The highest BCUT2D eigenvalue weighted by Crippen LogP contribution is 2.58. The molecule has 2 aliphatic heterocycles. The van der Waals surface area contributed by atoms with Gasteiger partial charge in [0.05, 0.1) is 24.9 Å². The molecule has 3 heterocycles. The first-order chi connectivity index (χ1) is 19.2. The zero-order chi connectivity index (χ0) is 28.4. The summed E-state index contributed by atoms with van der Waals surface area (Å²) in [5, 5.41) is 13.9. The van der Waals surface area contributed by atoms with Gasteiger partial charge in [-0.05, 0) is 53.7 Å². The third-order valence-corrected chi connectivity index (χ3v) is 13.8. The van der Waals surface area contributed by atoms with Crippen molar-refractivity contribution in [2.45, 2.75) is 95.0 Å². The monoisotopic (exact) mass is 563 g/mol. The van der Waals surface area contributed by atoms with E-state index >= 15 is 0 Å². The van der Waals surface area contributed by atoms with Gasteiger partial charge in [0.1, 0.15) is 0 Å². The Morgan fingerprint density at radius 1 is 0.975 bits per heavy atom. The molecule has 2 bridgehead atoms. The molecule has 0 saturated carbocycles. The Morgan fingerprint density at radius 2 is 1.68 bits per heavy atom. The molecule has 9 heteroatoms. The topological polar surface area (TPSA) is 74.5 Å². The van der Waals surface area contributed by atoms with Gasteiger partial charge in [-0.25, -0.2) is 0 Å². The Morgan fingerprint density at radius 3 is 2.35 bits per heavy atom. The summed E-state index contributed by atoms with van der Waals surface area (Å²) < 4.78 is 18.1. The molecule has 2 fully saturated rings. The maximum Gasteiger partial charge on any atom is 0.192 e. The third kappa shape index (κ3) is 5.67. The first-order valence-corrected chi connectivity index (χ1v) is 17.4. The first kappa shape index (κ1) is 29.1. The van der Waals surface area contributed by atoms with E-state index in [2.05, 4.69) is 110 Å². The zero-order valence-corrected chi connectivity index (χ0v) is 25.9. The Hall–Kier alpha value is -2.43. The number of aromatic nitrogens is 4. The van der Waals surface area contributed by atoms with E-state index in [1.807, 2.05) is 0 Å². The summed E-state index contributed by atoms with van der Waals surface area (Å²) in [5.74, 6) is 0.939. The van der Waals surface area contributed by atoms with Crippen molar-refractivity contribution in [3.8, 4) is 0 Å². The molecule has 4 atom stereocenters. The van der Waals surface area contributed by atoms with Gasteiger partial charge in [-0.1, -0.05) is 81.4 Å². The number of ether oxygens (including phenoxy) is 2. The summed E-state index contributed by atoms with van der Waals surface area (Å²) in [6.07, 6.45) is 3.02. The number of fused-ring (bicyclic) bond motifs is 2. The van der Waals surface area contributed by atoms with Crippen LogP contribution in [0.3, 0.4) is 0 Å². The number of rotatable bonds is 11. The molecule has 5 rings (SSSR count). The second-order valence-electron chi connectivity index (χ2n) is 12.8. The van der Waals surface area contributed by atoms with Crippen LogP contribution in [-0.2, 0) is 32.7 Å². The van der Waals surface area contributed by atoms with Gasteiger partial charge in [0.25, 0.3) is 0 Å². The van der Waals surface area contributed by atoms with Crippen LogP contribution in [-0.4, -0.2) is 65.9 Å². The van der Waals surface area contributed by atoms with Crippen LogP contribution in [0.1, 0.15) is 62.9 Å². The second kappa shape index (κ2) is 11.8. The van der Waals surface area contributed by atoms with Crippen molar-refractivity contribution in [3.63, 3.8) is 0 Å². The SMILES string of the molecule is COCCOCn1nnc([C@H]2C[C@@]3(c4ccccc4)[C@H](O[Si](C)(C)C(C)(C)C)CC[C@@H]2N3Cc2ccccc2)n1. The van der Waals surface area contributed by atoms with E-state index in [4.69, 9.17) is 19.0 Å². The van der Waals surface area contributed by atoms with Crippen LogP contribution in [0.25, 0.3) is 0 Å². The van der Waals surface area contributed by atoms with Crippen molar-refractivity contribution in [2.75, 3.05) is 20.3 Å². The minimum Gasteiger partial charge on any atom is -0.412 e. The van der Waals surface area contributed by atoms with Crippen molar-refractivity contribution in [2.24, 2.45) is 0 Å². The molecule has 3 aromatic rings. The Balaban J connectivity index is 1.55. The summed E-state index contributed by atoms with van der Waals surface area (Å²) in [6, 6.07) is 22.1. The average molecular weight is 564 g/mol. The molecular weight excluding hydrogens is 518 g/mol. The number of nitrogens with zero attached hydrogens (tertiary/aromatic N) is 5. The van der Waals surface area contributed by atoms with Gasteiger partial charge in [-0.2, -0.15) is 0 Å². The lowest BCUT2D eigenvalue weighted by atomic mass is 9.78. The molecule has 1 aromatic heterocycles. The fourth-order valence-corrected chi connectivity index (χ4v) is 7.65. The van der Waals surface area contributed by atoms with Gasteiger partial charge in [-0.15, -0.1) is 15.0 Å². The Labute approximate surface area is 240 Å². The molecule has 2 aromatic carbocycles. The summed E-state index contributed by atoms with van der Waals surface area (Å²) in [6.45, 7) is 13.9. The van der Waals surface area contributed by atoms with Crippen LogP contribution in [0.15, 0.2) is 60.7 Å². The zero-order valence-electron chi connectivity index (χ0n) is 24.9. The van der Waals surface area contributed by atoms with E-state index in [9.17, 15) is 0 Å². The number of tetrazole rings is 1. The summed E-state index contributed by atoms with van der Waals surface area (Å²) in [7, 11) is -0.388. The fraction of sp³-hybridized carbons (Fsp3) is 0.581. The quantitative estimate of drug-likeness (QED) is 0.218. The highest BCUT2D eigenvalue weighted by atomic mass is 28.4. The highest BCUT2D eigenvalue weighted by Gasteiger charge is 2.62. The fourth-order valence-electron chi connectivity index (χ4n) is 6.27. The highest BCUT2D eigenvalue weighted by molar-refractivity contribution is 6.74. The molecule has 0 spiro atoms. The predicted molar refractivity (Wildman–Crippen MR) is 158 cm³/mol. The van der Waals surface area contributed by atoms with E-state index in [0.29, 0.717) is 13.2 Å². The van der Waals surface area contributed by atoms with Gasteiger partial charge in [0, 0.05) is 25.6 Å². The largest absolute Gasteiger partial charge is 0.412 e. The molecule has 0 unspecified atom stereocenters. The molecular formula is C31H45N5O3Si. The van der Waals surface area contributed by atoms with E-state index in [0.717, 1.165) is 31.6 Å². The third-order valence-electron chi connectivity index (χ3n) is 9.32. The van der Waals surface area contributed by atoms with Gasteiger partial charge >= 0.3 is 0 Å². The molecule has 8 nitrogen and oxygen atoms in total.